The first-order chi connectivity index (χ1) is 6.90. The summed E-state index contributed by atoms with van der Waals surface area (Å²) in [5.41, 5.74) is 1.55. The molecule has 15 heavy (non-hydrogen) atoms. The molecule has 0 aliphatic heterocycles. The summed E-state index contributed by atoms with van der Waals surface area (Å²) in [6.07, 6.45) is 3.76. The van der Waals surface area contributed by atoms with Gasteiger partial charge < -0.3 is 4.74 Å². The Kier molecular flexibility index (Phi) is 2.18. The lowest BCUT2D eigenvalue weighted by molar-refractivity contribution is 0.331. The first-order valence-electron chi connectivity index (χ1n) is 5.62. The second-order valence-corrected chi connectivity index (χ2v) is 5.69. The van der Waals surface area contributed by atoms with Gasteiger partial charge in [-0.3, -0.25) is 0 Å². The zero-order valence-corrected chi connectivity index (χ0v) is 10.1. The molecule has 84 valence electrons. The number of aliphatic imine (C=N–C) groups is 1. The fourth-order valence-corrected chi connectivity index (χ4v) is 3.47. The molecule has 0 heterocycles. The zero-order chi connectivity index (χ0) is 11.3. The average Bonchev–Trinajstić information content (AvgIpc) is 2.63. The van der Waals surface area contributed by atoms with E-state index < -0.39 is 0 Å². The lowest BCUT2D eigenvalue weighted by Crippen LogP contribution is -2.36. The van der Waals surface area contributed by atoms with Gasteiger partial charge in [0.1, 0.15) is 0 Å². The van der Waals surface area contributed by atoms with Gasteiger partial charge in [0.05, 0.1) is 7.11 Å². The number of hydrogen-bond acceptors (Lipinski definition) is 2. The quantitative estimate of drug-likeness (QED) is 0.483. The third-order valence-electron chi connectivity index (χ3n) is 4.35. The smallest absolute Gasteiger partial charge is 0.308 e. The molecule has 2 saturated carbocycles. The molecular formula is C12H20N2O. The maximum Gasteiger partial charge on any atom is 0.308 e. The summed E-state index contributed by atoms with van der Waals surface area (Å²) in [7, 11) is 1.51. The summed E-state index contributed by atoms with van der Waals surface area (Å²) in [5, 5.41) is 7.54. The maximum atomic E-state index is 7.54. The minimum absolute atomic E-state index is 0.0480. The summed E-state index contributed by atoms with van der Waals surface area (Å²) in [6.45, 7) is 6.79. The highest BCUT2D eigenvalue weighted by molar-refractivity contribution is 6.03. The van der Waals surface area contributed by atoms with Crippen molar-refractivity contribution in [1.29, 1.82) is 5.41 Å². The predicted molar refractivity (Wildman–Crippen MR) is 61.4 cm³/mol. The van der Waals surface area contributed by atoms with Gasteiger partial charge in [0, 0.05) is 16.5 Å². The molecule has 0 spiro atoms. The first kappa shape index (κ1) is 10.7. The van der Waals surface area contributed by atoms with E-state index in [2.05, 4.69) is 25.8 Å². The van der Waals surface area contributed by atoms with Gasteiger partial charge in [-0.25, -0.2) is 10.4 Å². The molecule has 2 bridgehead atoms. The molecule has 2 aliphatic rings. The van der Waals surface area contributed by atoms with Crippen molar-refractivity contribution in [3.8, 4) is 0 Å². The Morgan fingerprint density at radius 1 is 1.47 bits per heavy atom. The highest BCUT2D eigenvalue weighted by Crippen LogP contribution is 2.60. The SMILES string of the molecule is COC(=N)/N=C1\C2(C)CCC(C2)C1(C)C. The van der Waals surface area contributed by atoms with E-state index in [9.17, 15) is 0 Å². The lowest BCUT2D eigenvalue weighted by Gasteiger charge is -2.35. The van der Waals surface area contributed by atoms with Crippen LogP contribution in [0.3, 0.4) is 0 Å². The molecule has 0 amide bonds. The van der Waals surface area contributed by atoms with E-state index in [0.717, 1.165) is 5.92 Å². The number of nitrogens with one attached hydrogen (secondary N) is 1. The van der Waals surface area contributed by atoms with Crippen molar-refractivity contribution in [1.82, 2.24) is 0 Å². The van der Waals surface area contributed by atoms with Gasteiger partial charge in [-0.05, 0) is 25.2 Å². The van der Waals surface area contributed by atoms with E-state index in [1.54, 1.807) is 0 Å². The van der Waals surface area contributed by atoms with Crippen LogP contribution in [0.2, 0.25) is 0 Å². The van der Waals surface area contributed by atoms with Crippen LogP contribution >= 0.6 is 0 Å². The van der Waals surface area contributed by atoms with Crippen LogP contribution < -0.4 is 0 Å². The molecular weight excluding hydrogens is 188 g/mol. The van der Waals surface area contributed by atoms with Crippen LogP contribution in [0.25, 0.3) is 0 Å². The summed E-state index contributed by atoms with van der Waals surface area (Å²) >= 11 is 0. The molecule has 2 rings (SSSR count). The van der Waals surface area contributed by atoms with Crippen LogP contribution in [0, 0.1) is 22.2 Å². The van der Waals surface area contributed by atoms with Crippen LogP contribution in [-0.2, 0) is 4.74 Å². The maximum absolute atomic E-state index is 7.54. The Bertz CT molecular complexity index is 326. The highest BCUT2D eigenvalue weighted by atomic mass is 16.5. The topological polar surface area (TPSA) is 45.4 Å². The van der Waals surface area contributed by atoms with Crippen molar-refractivity contribution in [2.75, 3.05) is 7.11 Å². The van der Waals surface area contributed by atoms with Gasteiger partial charge in [-0.15, -0.1) is 0 Å². The van der Waals surface area contributed by atoms with Gasteiger partial charge in [0.15, 0.2) is 0 Å². The van der Waals surface area contributed by atoms with E-state index in [4.69, 9.17) is 10.1 Å². The van der Waals surface area contributed by atoms with Crippen molar-refractivity contribution in [2.24, 2.45) is 21.7 Å². The first-order valence-corrected chi connectivity index (χ1v) is 5.62. The van der Waals surface area contributed by atoms with Crippen molar-refractivity contribution in [3.05, 3.63) is 0 Å². The average molecular weight is 208 g/mol. The molecule has 2 atom stereocenters. The highest BCUT2D eigenvalue weighted by Gasteiger charge is 2.57. The zero-order valence-electron chi connectivity index (χ0n) is 10.1. The molecule has 0 aromatic rings. The number of ether oxygens (including phenoxy) is 1. The van der Waals surface area contributed by atoms with Gasteiger partial charge in [-0.1, -0.05) is 20.8 Å². The molecule has 1 N–H and O–H groups in total. The summed E-state index contributed by atoms with van der Waals surface area (Å²) in [6, 6.07) is 0.0480. The molecule has 0 saturated heterocycles. The van der Waals surface area contributed by atoms with Crippen LogP contribution in [0.5, 0.6) is 0 Å². The van der Waals surface area contributed by atoms with E-state index in [0.29, 0.717) is 0 Å². The van der Waals surface area contributed by atoms with Crippen LogP contribution in [0.1, 0.15) is 40.0 Å². The third kappa shape index (κ3) is 1.40. The monoisotopic (exact) mass is 208 g/mol. The minimum Gasteiger partial charge on any atom is -0.467 e. The lowest BCUT2D eigenvalue weighted by atomic mass is 9.71. The van der Waals surface area contributed by atoms with Crippen molar-refractivity contribution in [2.45, 2.75) is 40.0 Å². The van der Waals surface area contributed by atoms with Gasteiger partial charge in [0.25, 0.3) is 0 Å². The molecule has 2 aliphatic carbocycles. The van der Waals surface area contributed by atoms with Crippen molar-refractivity contribution in [3.63, 3.8) is 0 Å². The number of rotatable bonds is 0. The summed E-state index contributed by atoms with van der Waals surface area (Å²) in [4.78, 5) is 4.38. The standard InChI is InChI=1S/C12H20N2O/c1-11(2)8-5-6-12(3,7-8)9(11)14-10(13)15-4/h8,13H,5-7H2,1-4H3/b13-10?,14-9-. The molecule has 2 fully saturated rings. The van der Waals surface area contributed by atoms with E-state index in [-0.39, 0.29) is 16.9 Å². The van der Waals surface area contributed by atoms with Crippen molar-refractivity contribution >= 4 is 11.7 Å². The Balaban J connectivity index is 2.38. The fraction of sp³-hybridized carbons (Fsp3) is 0.833. The summed E-state index contributed by atoms with van der Waals surface area (Å²) in [5.74, 6) is 0.742. The number of amidine groups is 1. The second kappa shape index (κ2) is 3.06. The summed E-state index contributed by atoms with van der Waals surface area (Å²) < 4.78 is 4.85. The molecule has 3 nitrogen and oxygen atoms in total. The van der Waals surface area contributed by atoms with Crippen LogP contribution in [0.4, 0.5) is 0 Å². The van der Waals surface area contributed by atoms with Gasteiger partial charge >= 0.3 is 6.02 Å². The largest absolute Gasteiger partial charge is 0.467 e. The van der Waals surface area contributed by atoms with Crippen LogP contribution in [0.15, 0.2) is 4.99 Å². The van der Waals surface area contributed by atoms with Crippen LogP contribution in [-0.4, -0.2) is 18.8 Å². The fourth-order valence-electron chi connectivity index (χ4n) is 3.47. The Hall–Kier alpha value is -0.860. The van der Waals surface area contributed by atoms with E-state index in [1.807, 2.05) is 0 Å². The normalized spacial score (nSPS) is 39.7. The molecule has 3 heteroatoms. The Labute approximate surface area is 91.4 Å². The molecule has 0 aromatic heterocycles. The Morgan fingerprint density at radius 3 is 2.60 bits per heavy atom. The number of methoxy groups -OCH3 is 1. The number of hydrogen-bond donors (Lipinski definition) is 1. The van der Waals surface area contributed by atoms with Gasteiger partial charge in [0.2, 0.25) is 0 Å². The van der Waals surface area contributed by atoms with Gasteiger partial charge in [-0.2, -0.15) is 0 Å². The number of nitrogens with zero attached hydrogens (tertiary/aromatic N) is 1. The molecule has 2 unspecified atom stereocenters. The molecule has 0 aromatic carbocycles. The van der Waals surface area contributed by atoms with E-state index in [1.165, 1.54) is 32.1 Å². The second-order valence-electron chi connectivity index (χ2n) is 5.69. The minimum atomic E-state index is 0.0480. The third-order valence-corrected chi connectivity index (χ3v) is 4.35. The van der Waals surface area contributed by atoms with E-state index >= 15 is 0 Å². The van der Waals surface area contributed by atoms with Crippen molar-refractivity contribution < 1.29 is 4.74 Å². The Morgan fingerprint density at radius 2 is 2.13 bits per heavy atom. The molecule has 0 radical (unpaired) electrons. The predicted octanol–water partition coefficient (Wildman–Crippen LogP) is 2.85. The number of fused-ring (bicyclic) bond motifs is 2.